The summed E-state index contributed by atoms with van der Waals surface area (Å²) in [5, 5.41) is 11.5. The van der Waals surface area contributed by atoms with Crippen molar-refractivity contribution in [3.8, 4) is 0 Å². The smallest absolute Gasteiger partial charge is 0.306 e. The minimum Gasteiger partial charge on any atom is -0.544 e. The number of likely N-dealkylation sites (N-methyl/N-ethyl adjacent to an activating group) is 1. The topological polar surface area (TPSA) is 102 Å². The van der Waals surface area contributed by atoms with E-state index in [4.69, 9.17) is 14.2 Å². The molecule has 0 N–H and O–H groups in total. The van der Waals surface area contributed by atoms with Gasteiger partial charge in [0.25, 0.3) is 0 Å². The molecule has 0 heterocycles. The maximum absolute atomic E-state index is 12.5. The summed E-state index contributed by atoms with van der Waals surface area (Å²) >= 11 is 0. The summed E-state index contributed by atoms with van der Waals surface area (Å²) in [4.78, 5) is 36.4. The summed E-state index contributed by atoms with van der Waals surface area (Å²) in [6.07, 6.45) is 25.4. The van der Waals surface area contributed by atoms with Crippen molar-refractivity contribution in [1.82, 2.24) is 0 Å². The second-order valence-electron chi connectivity index (χ2n) is 13.1. The number of esters is 2. The molecule has 258 valence electrons. The van der Waals surface area contributed by atoms with Crippen LogP contribution >= 0.6 is 0 Å². The van der Waals surface area contributed by atoms with E-state index in [0.29, 0.717) is 12.8 Å². The highest BCUT2D eigenvalue weighted by molar-refractivity contribution is 5.70. The first kappa shape index (κ1) is 42.1. The number of quaternary nitrogens is 1. The van der Waals surface area contributed by atoms with E-state index in [9.17, 15) is 19.5 Å². The first-order chi connectivity index (χ1) is 21.1. The molecule has 0 bridgehead atoms. The van der Waals surface area contributed by atoms with Crippen LogP contribution in [0, 0.1) is 0 Å². The fraction of sp³-hybridized carbons (Fsp3) is 0.861. The van der Waals surface area contributed by atoms with Crippen LogP contribution in [0.2, 0.25) is 0 Å². The minimum atomic E-state index is -1.13. The van der Waals surface area contributed by atoms with Crippen molar-refractivity contribution in [2.24, 2.45) is 0 Å². The van der Waals surface area contributed by atoms with Crippen molar-refractivity contribution in [3.05, 3.63) is 12.2 Å². The molecule has 0 aliphatic rings. The monoisotopic (exact) mass is 625 g/mol. The molecule has 0 spiro atoms. The Balaban J connectivity index is 4.45. The largest absolute Gasteiger partial charge is 0.544 e. The van der Waals surface area contributed by atoms with Crippen molar-refractivity contribution in [3.63, 3.8) is 0 Å². The van der Waals surface area contributed by atoms with Crippen LogP contribution in [0.25, 0.3) is 0 Å². The summed E-state index contributed by atoms with van der Waals surface area (Å²) in [7, 11) is 5.38. The number of aliphatic carboxylic acids is 1. The molecule has 8 nitrogen and oxygen atoms in total. The van der Waals surface area contributed by atoms with Gasteiger partial charge in [-0.1, -0.05) is 116 Å². The fourth-order valence-corrected chi connectivity index (χ4v) is 5.09. The third-order valence-electron chi connectivity index (χ3n) is 7.92. The van der Waals surface area contributed by atoms with Crippen LogP contribution in [-0.2, 0) is 28.6 Å². The Labute approximate surface area is 269 Å². The Morgan fingerprint density at radius 2 is 1.18 bits per heavy atom. The third-order valence-corrected chi connectivity index (χ3v) is 7.92. The van der Waals surface area contributed by atoms with E-state index < -0.39 is 18.1 Å². The van der Waals surface area contributed by atoms with E-state index in [0.717, 1.165) is 32.1 Å². The van der Waals surface area contributed by atoms with Crippen LogP contribution in [0.3, 0.4) is 0 Å². The van der Waals surface area contributed by atoms with Gasteiger partial charge in [0.05, 0.1) is 40.3 Å². The van der Waals surface area contributed by atoms with Gasteiger partial charge in [-0.05, 0) is 25.7 Å². The van der Waals surface area contributed by atoms with Crippen molar-refractivity contribution in [1.29, 1.82) is 0 Å². The lowest BCUT2D eigenvalue weighted by Gasteiger charge is -2.34. The van der Waals surface area contributed by atoms with Gasteiger partial charge in [0.2, 0.25) is 0 Å². The third kappa shape index (κ3) is 26.5. The van der Waals surface area contributed by atoms with Crippen molar-refractivity contribution >= 4 is 17.9 Å². The number of nitrogens with zero attached hydrogens (tertiary/aromatic N) is 1. The molecule has 0 rings (SSSR count). The van der Waals surface area contributed by atoms with E-state index in [-0.39, 0.29) is 49.1 Å². The maximum Gasteiger partial charge on any atom is 0.306 e. The summed E-state index contributed by atoms with van der Waals surface area (Å²) in [5.41, 5.74) is 0. The predicted octanol–water partition coefficient (Wildman–Crippen LogP) is 7.07. The van der Waals surface area contributed by atoms with E-state index >= 15 is 0 Å². The molecule has 0 aromatic carbocycles. The number of hydrogen-bond acceptors (Lipinski definition) is 7. The Kier molecular flexibility index (Phi) is 27.3. The molecule has 0 fully saturated rings. The minimum absolute atomic E-state index is 0.0296. The summed E-state index contributed by atoms with van der Waals surface area (Å²) in [5.74, 6) is -1.80. The van der Waals surface area contributed by atoms with Crippen LogP contribution in [0.4, 0.5) is 0 Å². The molecule has 0 aromatic rings. The average molecular weight is 626 g/mol. The zero-order chi connectivity index (χ0) is 32.9. The molecule has 0 aromatic heterocycles. The van der Waals surface area contributed by atoms with E-state index in [2.05, 4.69) is 19.9 Å². The molecule has 8 heteroatoms. The lowest BCUT2D eigenvalue weighted by atomic mass is 10.0. The molecule has 2 unspecified atom stereocenters. The van der Waals surface area contributed by atoms with Crippen molar-refractivity contribution in [2.45, 2.75) is 161 Å². The average Bonchev–Trinajstić information content (AvgIpc) is 2.96. The molecule has 0 radical (unpaired) electrons. The van der Waals surface area contributed by atoms with Gasteiger partial charge in [-0.25, -0.2) is 0 Å². The number of unbranched alkanes of at least 4 members (excludes halogenated alkanes) is 15. The normalized spacial score (nSPS) is 13.2. The van der Waals surface area contributed by atoms with E-state index in [1.165, 1.54) is 77.0 Å². The Hall–Kier alpha value is -1.93. The first-order valence-electron chi connectivity index (χ1n) is 17.7. The highest BCUT2D eigenvalue weighted by Crippen LogP contribution is 2.13. The van der Waals surface area contributed by atoms with Crippen LogP contribution in [0.15, 0.2) is 12.2 Å². The summed E-state index contributed by atoms with van der Waals surface area (Å²) < 4.78 is 16.9. The zero-order valence-electron chi connectivity index (χ0n) is 29.1. The molecule has 44 heavy (non-hydrogen) atoms. The molecule has 0 saturated heterocycles. The quantitative estimate of drug-likeness (QED) is 0.0351. The van der Waals surface area contributed by atoms with E-state index in [1.807, 2.05) is 6.08 Å². The molecular weight excluding hydrogens is 558 g/mol. The number of hydrogen-bond donors (Lipinski definition) is 0. The number of allylic oxidation sites excluding steroid dienone is 2. The number of carbonyl (C=O) groups is 3. The van der Waals surface area contributed by atoms with Crippen LogP contribution in [0.5, 0.6) is 0 Å². The van der Waals surface area contributed by atoms with Gasteiger partial charge in [-0.2, -0.15) is 0 Å². The number of carbonyl (C=O) groups excluding carboxylic acids is 3. The highest BCUT2D eigenvalue weighted by Gasteiger charge is 2.25. The molecule has 0 saturated carbocycles. The number of rotatable bonds is 31. The molecule has 2 atom stereocenters. The van der Waals surface area contributed by atoms with Gasteiger partial charge >= 0.3 is 11.9 Å². The van der Waals surface area contributed by atoms with Gasteiger partial charge < -0.3 is 28.6 Å². The Bertz CT molecular complexity index is 747. The lowest BCUT2D eigenvalue weighted by molar-refractivity contribution is -0.889. The van der Waals surface area contributed by atoms with Gasteiger partial charge in [-0.15, -0.1) is 0 Å². The summed E-state index contributed by atoms with van der Waals surface area (Å²) in [6, 6.07) is -0.724. The standard InChI is InChI=1S/C36H67NO7/c1-6-8-10-12-14-16-17-18-19-21-22-24-26-34(38)43-31-32(30-42-29-28-33(36(40)41)37(3,4)5)44-35(39)27-25-23-20-15-13-11-9-7-2/h20,23,32-33H,6-19,21-22,24-31H2,1-5H3/b23-20+. The Morgan fingerprint density at radius 1 is 0.659 bits per heavy atom. The summed E-state index contributed by atoms with van der Waals surface area (Å²) in [6.45, 7) is 4.55. The first-order valence-corrected chi connectivity index (χ1v) is 17.7. The number of ether oxygens (including phenoxy) is 3. The molecule has 0 aliphatic heterocycles. The lowest BCUT2D eigenvalue weighted by Crippen LogP contribution is -2.55. The second-order valence-corrected chi connectivity index (χ2v) is 13.1. The van der Waals surface area contributed by atoms with Crippen molar-refractivity contribution < 1.29 is 38.2 Å². The highest BCUT2D eigenvalue weighted by atomic mass is 16.6. The van der Waals surface area contributed by atoms with Gasteiger partial charge in [-0.3, -0.25) is 9.59 Å². The van der Waals surface area contributed by atoms with Crippen molar-refractivity contribution in [2.75, 3.05) is 41.0 Å². The van der Waals surface area contributed by atoms with Gasteiger partial charge in [0.1, 0.15) is 12.6 Å². The second kappa shape index (κ2) is 28.5. The molecule has 0 amide bonds. The van der Waals surface area contributed by atoms with Crippen LogP contribution < -0.4 is 5.11 Å². The van der Waals surface area contributed by atoms with Crippen LogP contribution in [0.1, 0.15) is 149 Å². The van der Waals surface area contributed by atoms with E-state index in [1.54, 1.807) is 21.1 Å². The zero-order valence-corrected chi connectivity index (χ0v) is 29.1. The number of carboxylic acid groups (broad SMARTS) is 1. The fourth-order valence-electron chi connectivity index (χ4n) is 5.09. The van der Waals surface area contributed by atoms with Gasteiger partial charge in [0, 0.05) is 19.3 Å². The van der Waals surface area contributed by atoms with Gasteiger partial charge in [0.15, 0.2) is 6.10 Å². The molecule has 0 aliphatic carbocycles. The molecular formula is C36H67NO7. The van der Waals surface area contributed by atoms with Crippen LogP contribution in [-0.4, -0.2) is 75.5 Å². The SMILES string of the molecule is CCCCCC/C=C/CCC(=O)OC(COCCC(C(=O)[O-])[N+](C)(C)C)COC(=O)CCCCCCCCCCCCCC. The Morgan fingerprint density at radius 3 is 1.73 bits per heavy atom. The predicted molar refractivity (Wildman–Crippen MR) is 176 cm³/mol. The maximum atomic E-state index is 12.5. The number of carboxylic acids is 1.